The second kappa shape index (κ2) is 21.7. The maximum Gasteiger partial charge on any atom is 0.0477 e. The molecule has 0 radical (unpaired) electrons. The van der Waals surface area contributed by atoms with Crippen molar-refractivity contribution < 1.29 is 0 Å². The fraction of sp³-hybridized carbons (Fsp3) is 0.619. The van der Waals surface area contributed by atoms with Gasteiger partial charge in [-0.2, -0.15) is 0 Å². The molecule has 0 unspecified atom stereocenters. The van der Waals surface area contributed by atoms with Gasteiger partial charge >= 0.3 is 0 Å². The molecule has 0 N–H and O–H groups in total. The molecule has 0 saturated heterocycles. The van der Waals surface area contributed by atoms with Gasteiger partial charge in [-0.05, 0) is 87.1 Å². The fourth-order valence-electron chi connectivity index (χ4n) is 6.71. The van der Waals surface area contributed by atoms with Crippen LogP contribution in [-0.2, 0) is 12.8 Å². The van der Waals surface area contributed by atoms with Gasteiger partial charge in [-0.15, -0.1) is 45.3 Å². The van der Waals surface area contributed by atoms with Gasteiger partial charge in [-0.1, -0.05) is 129 Å². The van der Waals surface area contributed by atoms with Gasteiger partial charge in [0.15, 0.2) is 0 Å². The van der Waals surface area contributed by atoms with E-state index in [-0.39, 0.29) is 0 Å². The third kappa shape index (κ3) is 12.7. The molecular weight excluding hydrogens is 633 g/mol. The third-order valence-electron chi connectivity index (χ3n) is 9.37. The minimum Gasteiger partial charge on any atom is -0.139 e. The summed E-state index contributed by atoms with van der Waals surface area (Å²) in [4.78, 5) is 11.7. The minimum atomic E-state index is 1.23. The molecule has 46 heavy (non-hydrogen) atoms. The number of unbranched alkanes of at least 4 members (excludes halogenated alkanes) is 18. The van der Waals surface area contributed by atoms with Gasteiger partial charge in [0.1, 0.15) is 0 Å². The summed E-state index contributed by atoms with van der Waals surface area (Å²) in [6.07, 6.45) is 30.5. The van der Waals surface area contributed by atoms with Crippen molar-refractivity contribution >= 4 is 45.3 Å². The third-order valence-corrected chi connectivity index (χ3v) is 14.3. The molecular formula is C42H62S4. The molecule has 0 spiro atoms. The van der Waals surface area contributed by atoms with Gasteiger partial charge in [-0.25, -0.2) is 0 Å². The predicted molar refractivity (Wildman–Crippen MR) is 215 cm³/mol. The van der Waals surface area contributed by atoms with Gasteiger partial charge in [0.2, 0.25) is 0 Å². The van der Waals surface area contributed by atoms with E-state index in [1.807, 2.05) is 45.3 Å². The second-order valence-corrected chi connectivity index (χ2v) is 18.3. The van der Waals surface area contributed by atoms with Crippen LogP contribution in [0.1, 0.15) is 163 Å². The lowest BCUT2D eigenvalue weighted by Crippen LogP contribution is -1.86. The van der Waals surface area contributed by atoms with E-state index in [1.54, 1.807) is 11.1 Å². The van der Waals surface area contributed by atoms with Crippen molar-refractivity contribution in [3.63, 3.8) is 0 Å². The Morgan fingerprint density at radius 3 is 1.02 bits per heavy atom. The highest BCUT2D eigenvalue weighted by Gasteiger charge is 2.16. The fourth-order valence-corrected chi connectivity index (χ4v) is 11.2. The number of rotatable bonds is 25. The monoisotopic (exact) mass is 694 g/mol. The summed E-state index contributed by atoms with van der Waals surface area (Å²) in [7, 11) is 0. The molecule has 0 aliphatic heterocycles. The van der Waals surface area contributed by atoms with Crippen LogP contribution in [0.25, 0.3) is 29.3 Å². The standard InChI is InChI=1S/C42H62S4/c1-5-7-9-11-13-15-17-19-21-23-25-35-31-33(3)43-41(35)39-29-27-37(45-39)38-28-30-40(46-38)42-36(32-34(4)44-42)26-24-22-20-18-16-14-12-10-8-6-2/h27-32H,5-26H2,1-4H3. The van der Waals surface area contributed by atoms with Crippen molar-refractivity contribution in [2.24, 2.45) is 0 Å². The molecule has 4 heterocycles. The molecule has 0 aliphatic carbocycles. The Morgan fingerprint density at radius 2 is 0.674 bits per heavy atom. The molecule has 0 bridgehead atoms. The Balaban J connectivity index is 1.25. The summed E-state index contributed by atoms with van der Waals surface area (Å²) in [5.41, 5.74) is 3.15. The zero-order chi connectivity index (χ0) is 32.4. The molecule has 0 aliphatic rings. The van der Waals surface area contributed by atoms with Crippen molar-refractivity contribution in [1.82, 2.24) is 0 Å². The molecule has 0 fully saturated rings. The molecule has 4 aromatic rings. The first-order valence-corrected chi connectivity index (χ1v) is 22.2. The molecule has 0 aromatic carbocycles. The van der Waals surface area contributed by atoms with E-state index in [9.17, 15) is 0 Å². The van der Waals surface area contributed by atoms with Crippen LogP contribution in [0.15, 0.2) is 36.4 Å². The zero-order valence-electron chi connectivity index (χ0n) is 29.7. The summed E-state index contributed by atoms with van der Waals surface area (Å²) in [5, 5.41) is 0. The van der Waals surface area contributed by atoms with Gasteiger partial charge in [0, 0.05) is 39.0 Å². The van der Waals surface area contributed by atoms with Crippen LogP contribution >= 0.6 is 45.3 Å². The summed E-state index contributed by atoms with van der Waals surface area (Å²) in [6.45, 7) is 9.18. The first-order valence-electron chi connectivity index (χ1n) is 19.0. The molecule has 4 heteroatoms. The van der Waals surface area contributed by atoms with Crippen LogP contribution in [0, 0.1) is 13.8 Å². The number of thiophene rings is 4. The van der Waals surface area contributed by atoms with E-state index < -0.39 is 0 Å². The van der Waals surface area contributed by atoms with E-state index in [0.717, 1.165) is 0 Å². The van der Waals surface area contributed by atoms with Gasteiger partial charge in [0.05, 0.1) is 0 Å². The van der Waals surface area contributed by atoms with Gasteiger partial charge in [-0.3, -0.25) is 0 Å². The topological polar surface area (TPSA) is 0 Å². The van der Waals surface area contributed by atoms with Crippen molar-refractivity contribution in [3.8, 4) is 29.3 Å². The maximum atomic E-state index is 2.46. The highest BCUT2D eigenvalue weighted by molar-refractivity contribution is 7.28. The lowest BCUT2D eigenvalue weighted by atomic mass is 10.0. The largest absolute Gasteiger partial charge is 0.139 e. The van der Waals surface area contributed by atoms with Gasteiger partial charge < -0.3 is 0 Å². The molecule has 4 rings (SSSR count). The van der Waals surface area contributed by atoms with Crippen LogP contribution in [0.4, 0.5) is 0 Å². The average Bonchev–Trinajstić information content (AvgIpc) is 3.85. The maximum absolute atomic E-state index is 2.46. The van der Waals surface area contributed by atoms with E-state index in [2.05, 4.69) is 64.1 Å². The van der Waals surface area contributed by atoms with Crippen molar-refractivity contribution in [2.45, 2.75) is 169 Å². The first kappa shape index (κ1) is 37.6. The summed E-state index contributed by atoms with van der Waals surface area (Å²) in [5.74, 6) is 0. The Morgan fingerprint density at radius 1 is 0.370 bits per heavy atom. The molecule has 0 saturated carbocycles. The Bertz CT molecular complexity index is 1260. The van der Waals surface area contributed by atoms with Gasteiger partial charge in [0.25, 0.3) is 0 Å². The van der Waals surface area contributed by atoms with Crippen LogP contribution in [-0.4, -0.2) is 0 Å². The lowest BCUT2D eigenvalue weighted by molar-refractivity contribution is 0.556. The highest BCUT2D eigenvalue weighted by Crippen LogP contribution is 2.45. The van der Waals surface area contributed by atoms with Crippen LogP contribution in [0.2, 0.25) is 0 Å². The minimum absolute atomic E-state index is 1.23. The predicted octanol–water partition coefficient (Wildman–Crippen LogP) is 16.5. The smallest absolute Gasteiger partial charge is 0.0477 e. The molecule has 4 aromatic heterocycles. The highest BCUT2D eigenvalue weighted by atomic mass is 32.1. The number of aryl methyl sites for hydroxylation is 4. The van der Waals surface area contributed by atoms with E-state index >= 15 is 0 Å². The normalized spacial score (nSPS) is 11.7. The lowest BCUT2D eigenvalue weighted by Gasteiger charge is -2.04. The Hall–Kier alpha value is -1.20. The second-order valence-electron chi connectivity index (χ2n) is 13.6. The molecule has 0 nitrogen and oxygen atoms in total. The van der Waals surface area contributed by atoms with Crippen LogP contribution < -0.4 is 0 Å². The molecule has 254 valence electrons. The Kier molecular flexibility index (Phi) is 17.7. The van der Waals surface area contributed by atoms with E-state index in [0.29, 0.717) is 0 Å². The number of hydrogen-bond donors (Lipinski definition) is 0. The molecule has 0 amide bonds. The van der Waals surface area contributed by atoms with Crippen LogP contribution in [0.5, 0.6) is 0 Å². The van der Waals surface area contributed by atoms with E-state index in [1.165, 1.54) is 180 Å². The van der Waals surface area contributed by atoms with Crippen molar-refractivity contribution in [2.75, 3.05) is 0 Å². The summed E-state index contributed by atoms with van der Waals surface area (Å²) < 4.78 is 0. The zero-order valence-corrected chi connectivity index (χ0v) is 32.9. The van der Waals surface area contributed by atoms with Crippen molar-refractivity contribution in [1.29, 1.82) is 0 Å². The number of hydrogen-bond acceptors (Lipinski definition) is 4. The quantitative estimate of drug-likeness (QED) is 0.0606. The van der Waals surface area contributed by atoms with Crippen molar-refractivity contribution in [3.05, 3.63) is 57.3 Å². The van der Waals surface area contributed by atoms with Crippen LogP contribution in [0.3, 0.4) is 0 Å². The summed E-state index contributed by atoms with van der Waals surface area (Å²) in [6, 6.07) is 14.5. The van der Waals surface area contributed by atoms with E-state index in [4.69, 9.17) is 0 Å². The Labute approximate surface area is 299 Å². The first-order chi connectivity index (χ1) is 22.6. The average molecular weight is 695 g/mol. The SMILES string of the molecule is CCCCCCCCCCCCc1cc(C)sc1-c1ccc(-c2ccc(-c3sc(C)cc3CCCCCCCCCCCC)s2)s1. The molecule has 0 atom stereocenters. The summed E-state index contributed by atoms with van der Waals surface area (Å²) >= 11 is 7.98.